The molecular weight excluding hydrogens is 200 g/mol. The summed E-state index contributed by atoms with van der Waals surface area (Å²) in [6, 6.07) is 2.95. The largest absolute Gasteiger partial charge is 0.477 e. The third-order valence-corrected chi connectivity index (χ3v) is 2.06. The molecule has 2 heterocycles. The van der Waals surface area contributed by atoms with Crippen LogP contribution in [0.15, 0.2) is 22.8 Å². The Labute approximate surface area is 83.9 Å². The number of aromatic nitrogens is 1. The van der Waals surface area contributed by atoms with E-state index in [9.17, 15) is 9.59 Å². The van der Waals surface area contributed by atoms with Crippen molar-refractivity contribution in [2.24, 2.45) is 5.73 Å². The van der Waals surface area contributed by atoms with Crippen molar-refractivity contribution in [3.63, 3.8) is 0 Å². The zero-order valence-corrected chi connectivity index (χ0v) is 7.64. The summed E-state index contributed by atoms with van der Waals surface area (Å²) in [5, 5.41) is 8.88. The molecule has 0 aliphatic carbocycles. The van der Waals surface area contributed by atoms with Gasteiger partial charge in [-0.15, -0.1) is 0 Å². The van der Waals surface area contributed by atoms with Gasteiger partial charge in [0, 0.05) is 12.1 Å². The Balaban J connectivity index is 2.63. The van der Waals surface area contributed by atoms with E-state index in [2.05, 4.69) is 0 Å². The van der Waals surface area contributed by atoms with Crippen molar-refractivity contribution >= 4 is 23.0 Å². The van der Waals surface area contributed by atoms with Gasteiger partial charge in [-0.1, -0.05) is 0 Å². The van der Waals surface area contributed by atoms with Gasteiger partial charge in [-0.2, -0.15) is 0 Å². The van der Waals surface area contributed by atoms with Crippen molar-refractivity contribution in [1.82, 2.24) is 4.57 Å². The monoisotopic (exact) mass is 208 g/mol. The summed E-state index contributed by atoms with van der Waals surface area (Å²) in [5.41, 5.74) is 5.99. The highest BCUT2D eigenvalue weighted by Gasteiger charge is 2.17. The van der Waals surface area contributed by atoms with Gasteiger partial charge in [0.15, 0.2) is 5.58 Å². The molecule has 6 nitrogen and oxygen atoms in total. The van der Waals surface area contributed by atoms with Crippen LogP contribution in [0.2, 0.25) is 0 Å². The molecule has 0 spiro atoms. The lowest BCUT2D eigenvalue weighted by Crippen LogP contribution is -2.21. The highest BCUT2D eigenvalue weighted by molar-refractivity contribution is 5.93. The number of nitrogens with zero attached hydrogens (tertiary/aromatic N) is 1. The minimum Gasteiger partial charge on any atom is -0.477 e. The van der Waals surface area contributed by atoms with Crippen molar-refractivity contribution in [2.45, 2.75) is 6.54 Å². The van der Waals surface area contributed by atoms with E-state index in [1.165, 1.54) is 16.9 Å². The van der Waals surface area contributed by atoms with E-state index in [4.69, 9.17) is 15.3 Å². The Kier molecular flexibility index (Phi) is 1.96. The number of primary amides is 1. The molecular formula is C9H8N2O4. The second-order valence-corrected chi connectivity index (χ2v) is 3.06. The summed E-state index contributed by atoms with van der Waals surface area (Å²) >= 11 is 0. The van der Waals surface area contributed by atoms with Crippen molar-refractivity contribution in [3.05, 3.63) is 24.1 Å². The highest BCUT2D eigenvalue weighted by Crippen LogP contribution is 2.20. The van der Waals surface area contributed by atoms with Gasteiger partial charge < -0.3 is 19.8 Å². The number of carbonyl (C=O) groups is 2. The van der Waals surface area contributed by atoms with Crippen LogP contribution in [-0.4, -0.2) is 21.6 Å². The third-order valence-electron chi connectivity index (χ3n) is 2.06. The fourth-order valence-electron chi connectivity index (χ4n) is 1.48. The Hall–Kier alpha value is -2.24. The maximum absolute atomic E-state index is 10.9. The summed E-state index contributed by atoms with van der Waals surface area (Å²) in [6.07, 6.45) is 1.42. The molecule has 6 heteroatoms. The van der Waals surface area contributed by atoms with Gasteiger partial charge in [0.1, 0.15) is 12.2 Å². The number of carbonyl (C=O) groups excluding carboxylic acids is 1. The maximum Gasteiger partial charge on any atom is 0.352 e. The zero-order chi connectivity index (χ0) is 11.0. The first-order chi connectivity index (χ1) is 7.09. The number of hydrogen-bond acceptors (Lipinski definition) is 3. The number of fused-ring (bicyclic) bond motifs is 1. The number of nitrogens with two attached hydrogens (primary N) is 1. The fourth-order valence-corrected chi connectivity index (χ4v) is 1.48. The Bertz CT molecular complexity index is 537. The molecule has 0 bridgehead atoms. The van der Waals surface area contributed by atoms with Crippen LogP contribution in [0.25, 0.3) is 11.1 Å². The first-order valence-corrected chi connectivity index (χ1v) is 4.18. The standard InChI is InChI=1S/C9H8N2O4/c10-8(12)4-11-5-1-2-15-7(5)3-6(11)9(13)14/h1-3H,4H2,(H2,10,12)(H,13,14). The van der Waals surface area contributed by atoms with Crippen molar-refractivity contribution < 1.29 is 19.1 Å². The second-order valence-electron chi connectivity index (χ2n) is 3.06. The van der Waals surface area contributed by atoms with Gasteiger partial charge >= 0.3 is 5.97 Å². The van der Waals surface area contributed by atoms with Gasteiger partial charge in [-0.3, -0.25) is 4.79 Å². The summed E-state index contributed by atoms with van der Waals surface area (Å²) in [4.78, 5) is 21.6. The van der Waals surface area contributed by atoms with Crippen LogP contribution in [0.3, 0.4) is 0 Å². The molecule has 3 N–H and O–H groups in total. The van der Waals surface area contributed by atoms with Gasteiger partial charge in [0.05, 0.1) is 11.8 Å². The van der Waals surface area contributed by atoms with Gasteiger partial charge in [0.25, 0.3) is 0 Å². The second kappa shape index (κ2) is 3.16. The van der Waals surface area contributed by atoms with Gasteiger partial charge in [-0.25, -0.2) is 4.79 Å². The van der Waals surface area contributed by atoms with E-state index in [0.29, 0.717) is 11.1 Å². The number of hydrogen-bond donors (Lipinski definition) is 2. The highest BCUT2D eigenvalue weighted by atomic mass is 16.4. The molecule has 0 aliphatic heterocycles. The Morgan fingerprint density at radius 3 is 2.87 bits per heavy atom. The predicted octanol–water partition coefficient (Wildman–Crippen LogP) is 0.418. The molecule has 0 unspecified atom stereocenters. The fraction of sp³-hybridized carbons (Fsp3) is 0.111. The predicted molar refractivity (Wildman–Crippen MR) is 50.4 cm³/mol. The van der Waals surface area contributed by atoms with Crippen LogP contribution in [-0.2, 0) is 11.3 Å². The Morgan fingerprint density at radius 1 is 1.53 bits per heavy atom. The number of aromatic carboxylic acids is 1. The Morgan fingerprint density at radius 2 is 2.27 bits per heavy atom. The lowest BCUT2D eigenvalue weighted by Gasteiger charge is -2.02. The first kappa shape index (κ1) is 9.32. The molecule has 0 fully saturated rings. The summed E-state index contributed by atoms with van der Waals surface area (Å²) in [6.45, 7) is -0.176. The van der Waals surface area contributed by atoms with Crippen LogP contribution in [0, 0.1) is 0 Å². The minimum atomic E-state index is -1.12. The lowest BCUT2D eigenvalue weighted by molar-refractivity contribution is -0.118. The van der Waals surface area contributed by atoms with Crippen molar-refractivity contribution in [1.29, 1.82) is 0 Å². The van der Waals surface area contributed by atoms with Crippen molar-refractivity contribution in [3.8, 4) is 0 Å². The van der Waals surface area contributed by atoms with E-state index in [-0.39, 0.29) is 12.2 Å². The molecule has 78 valence electrons. The zero-order valence-electron chi connectivity index (χ0n) is 7.64. The van der Waals surface area contributed by atoms with E-state index < -0.39 is 11.9 Å². The SMILES string of the molecule is NC(=O)Cn1c(C(=O)O)cc2occc21. The van der Waals surface area contributed by atoms with Crippen LogP contribution in [0.4, 0.5) is 0 Å². The van der Waals surface area contributed by atoms with Gasteiger partial charge in [-0.05, 0) is 0 Å². The van der Waals surface area contributed by atoms with E-state index in [0.717, 1.165) is 0 Å². The average molecular weight is 208 g/mol. The quantitative estimate of drug-likeness (QED) is 0.763. The van der Waals surface area contributed by atoms with E-state index in [1.807, 2.05) is 0 Å². The molecule has 0 aromatic carbocycles. The summed E-state index contributed by atoms with van der Waals surface area (Å²) in [5.74, 6) is -1.72. The molecule has 0 atom stereocenters. The van der Waals surface area contributed by atoms with Crippen LogP contribution in [0.1, 0.15) is 10.5 Å². The minimum absolute atomic E-state index is 0.0110. The van der Waals surface area contributed by atoms with E-state index >= 15 is 0 Å². The molecule has 2 aromatic rings. The number of carboxylic acids is 1. The van der Waals surface area contributed by atoms with Crippen LogP contribution < -0.4 is 5.73 Å². The molecule has 2 aromatic heterocycles. The molecule has 15 heavy (non-hydrogen) atoms. The molecule has 0 aliphatic rings. The molecule has 0 radical (unpaired) electrons. The smallest absolute Gasteiger partial charge is 0.352 e. The maximum atomic E-state index is 10.9. The number of amides is 1. The van der Waals surface area contributed by atoms with Crippen molar-refractivity contribution in [2.75, 3.05) is 0 Å². The molecule has 1 amide bonds. The summed E-state index contributed by atoms with van der Waals surface area (Å²) < 4.78 is 6.34. The normalized spacial score (nSPS) is 10.7. The molecule has 0 saturated carbocycles. The number of furan rings is 1. The van der Waals surface area contributed by atoms with Gasteiger partial charge in [0.2, 0.25) is 5.91 Å². The molecule has 2 rings (SSSR count). The first-order valence-electron chi connectivity index (χ1n) is 4.18. The van der Waals surface area contributed by atoms with Crippen LogP contribution in [0.5, 0.6) is 0 Å². The third kappa shape index (κ3) is 1.45. The van der Waals surface area contributed by atoms with Crippen LogP contribution >= 0.6 is 0 Å². The van der Waals surface area contributed by atoms with E-state index in [1.54, 1.807) is 6.07 Å². The lowest BCUT2D eigenvalue weighted by atomic mass is 10.4. The number of rotatable bonds is 3. The molecule has 0 saturated heterocycles. The average Bonchev–Trinajstić information content (AvgIpc) is 2.66. The summed E-state index contributed by atoms with van der Waals surface area (Å²) in [7, 11) is 0. The topological polar surface area (TPSA) is 98.5 Å². The number of carboxylic acid groups (broad SMARTS) is 1.